The van der Waals surface area contributed by atoms with Crippen LogP contribution in [0.2, 0.25) is 0 Å². The minimum atomic E-state index is -3.46. The summed E-state index contributed by atoms with van der Waals surface area (Å²) in [5, 5.41) is 5.75. The molecule has 8 nitrogen and oxygen atoms in total. The molecule has 0 aliphatic carbocycles. The number of rotatable bonds is 5. The Morgan fingerprint density at radius 1 is 0.933 bits per heavy atom. The van der Waals surface area contributed by atoms with Gasteiger partial charge in [0.1, 0.15) is 12.1 Å². The maximum atomic E-state index is 12.7. The van der Waals surface area contributed by atoms with Crippen LogP contribution in [-0.2, 0) is 10.0 Å². The Bertz CT molecular complexity index is 1150. The number of piperazine rings is 1. The summed E-state index contributed by atoms with van der Waals surface area (Å²) in [6, 6.07) is 13.3. The van der Waals surface area contributed by atoms with E-state index >= 15 is 0 Å². The van der Waals surface area contributed by atoms with Gasteiger partial charge in [-0.3, -0.25) is 0 Å². The Hall–Kier alpha value is -3.04. The molecule has 4 rings (SSSR count). The molecule has 0 N–H and O–H groups in total. The minimum absolute atomic E-state index is 0.403. The Morgan fingerprint density at radius 2 is 1.63 bits per heavy atom. The summed E-state index contributed by atoms with van der Waals surface area (Å²) in [5.41, 5.74) is 2.78. The first-order valence-electron chi connectivity index (χ1n) is 9.76. The molecule has 0 saturated carbocycles. The van der Waals surface area contributed by atoms with E-state index in [4.69, 9.17) is 0 Å². The number of hydrogen-bond donors (Lipinski definition) is 0. The van der Waals surface area contributed by atoms with Crippen molar-refractivity contribution in [2.24, 2.45) is 0 Å². The number of aryl methyl sites for hydroxylation is 2. The van der Waals surface area contributed by atoms with Gasteiger partial charge in [0.05, 0.1) is 5.69 Å². The highest BCUT2D eigenvalue weighted by Crippen LogP contribution is 2.19. The minimum Gasteiger partial charge on any atom is -0.354 e. The van der Waals surface area contributed by atoms with Crippen molar-refractivity contribution in [3.05, 3.63) is 71.2 Å². The van der Waals surface area contributed by atoms with Crippen molar-refractivity contribution in [3.63, 3.8) is 0 Å². The summed E-state index contributed by atoms with van der Waals surface area (Å²) in [6.45, 7) is 5.85. The van der Waals surface area contributed by atoms with Crippen LogP contribution in [0.3, 0.4) is 0 Å². The summed E-state index contributed by atoms with van der Waals surface area (Å²) in [4.78, 5) is 10.8. The van der Waals surface area contributed by atoms with Gasteiger partial charge >= 0.3 is 0 Å². The number of aromatic nitrogens is 4. The fraction of sp³-hybridized carbons (Fsp3) is 0.286. The molecule has 1 fully saturated rings. The number of sulfonamides is 1. The molecular weight excluding hydrogens is 400 g/mol. The first kappa shape index (κ1) is 20.2. The molecule has 0 atom stereocenters. The summed E-state index contributed by atoms with van der Waals surface area (Å²) in [5.74, 6) is 1.47. The third-order valence-corrected chi connectivity index (χ3v) is 6.58. The lowest BCUT2D eigenvalue weighted by Gasteiger charge is -2.34. The number of nitrogens with zero attached hydrogens (tertiary/aromatic N) is 6. The van der Waals surface area contributed by atoms with Crippen LogP contribution in [0.15, 0.2) is 54.2 Å². The highest BCUT2D eigenvalue weighted by molar-refractivity contribution is 7.92. The molecule has 1 aliphatic heterocycles. The van der Waals surface area contributed by atoms with Crippen molar-refractivity contribution >= 4 is 21.9 Å². The monoisotopic (exact) mass is 424 g/mol. The van der Waals surface area contributed by atoms with Gasteiger partial charge in [0, 0.05) is 43.3 Å². The molecule has 3 aromatic rings. The first-order valence-corrected chi connectivity index (χ1v) is 11.3. The maximum Gasteiger partial charge on any atom is 0.236 e. The van der Waals surface area contributed by atoms with Gasteiger partial charge in [-0.1, -0.05) is 30.3 Å². The summed E-state index contributed by atoms with van der Waals surface area (Å²) in [7, 11) is -3.46. The van der Waals surface area contributed by atoms with Gasteiger partial charge < -0.3 is 4.90 Å². The highest BCUT2D eigenvalue weighted by Gasteiger charge is 2.26. The largest absolute Gasteiger partial charge is 0.354 e. The molecule has 0 bridgehead atoms. The van der Waals surface area contributed by atoms with Gasteiger partial charge in [-0.25, -0.2) is 23.1 Å². The van der Waals surface area contributed by atoms with Crippen molar-refractivity contribution in [2.75, 3.05) is 31.1 Å². The van der Waals surface area contributed by atoms with Crippen LogP contribution in [0.4, 0.5) is 5.82 Å². The Morgan fingerprint density at radius 3 is 2.30 bits per heavy atom. The summed E-state index contributed by atoms with van der Waals surface area (Å²) >= 11 is 0. The predicted molar refractivity (Wildman–Crippen MR) is 117 cm³/mol. The van der Waals surface area contributed by atoms with Crippen LogP contribution in [-0.4, -0.2) is 58.7 Å². The number of anilines is 1. The van der Waals surface area contributed by atoms with Gasteiger partial charge in [0.25, 0.3) is 0 Å². The van der Waals surface area contributed by atoms with Crippen molar-refractivity contribution in [1.29, 1.82) is 0 Å². The lowest BCUT2D eigenvalue weighted by molar-refractivity contribution is 0.389. The van der Waals surface area contributed by atoms with Crippen molar-refractivity contribution in [1.82, 2.24) is 24.1 Å². The SMILES string of the molecule is Cc1cc(C)n(-c2cc(N3CCN(S(=O)(=O)/C=C/c4ccccc4)CC3)ncn2)n1. The van der Waals surface area contributed by atoms with Crippen LogP contribution >= 0.6 is 0 Å². The number of hydrogen-bond acceptors (Lipinski definition) is 6. The lowest BCUT2D eigenvalue weighted by atomic mass is 10.2. The number of benzene rings is 1. The molecule has 0 unspecified atom stereocenters. The summed E-state index contributed by atoms with van der Waals surface area (Å²) < 4.78 is 28.6. The molecule has 0 spiro atoms. The third kappa shape index (κ3) is 4.42. The second kappa shape index (κ2) is 8.37. The molecule has 2 aromatic heterocycles. The second-order valence-corrected chi connectivity index (χ2v) is 9.04. The van der Waals surface area contributed by atoms with Gasteiger partial charge in [-0.2, -0.15) is 9.40 Å². The standard InChI is InChI=1S/C21H24N6O2S/c1-17-14-18(2)27(24-17)21-15-20(22-16-23-21)25-9-11-26(12-10-25)30(28,29)13-8-19-6-4-3-5-7-19/h3-8,13-16H,9-12H2,1-2H3/b13-8+. The Kier molecular flexibility index (Phi) is 5.65. The van der Waals surface area contributed by atoms with Crippen molar-refractivity contribution in [2.45, 2.75) is 13.8 Å². The fourth-order valence-electron chi connectivity index (χ4n) is 3.47. The zero-order valence-electron chi connectivity index (χ0n) is 17.0. The molecule has 1 aromatic carbocycles. The topological polar surface area (TPSA) is 84.2 Å². The molecule has 3 heterocycles. The lowest BCUT2D eigenvalue weighted by Crippen LogP contribution is -2.48. The van der Waals surface area contributed by atoms with E-state index in [-0.39, 0.29) is 0 Å². The van der Waals surface area contributed by atoms with Crippen LogP contribution in [0.25, 0.3) is 11.9 Å². The van der Waals surface area contributed by atoms with Gasteiger partial charge in [-0.15, -0.1) is 0 Å². The van der Waals surface area contributed by atoms with E-state index in [0.29, 0.717) is 32.0 Å². The normalized spacial score (nSPS) is 15.7. The highest BCUT2D eigenvalue weighted by atomic mass is 32.2. The zero-order valence-corrected chi connectivity index (χ0v) is 17.8. The zero-order chi connectivity index (χ0) is 21.1. The maximum absolute atomic E-state index is 12.7. The molecule has 0 radical (unpaired) electrons. The van der Waals surface area contributed by atoms with Crippen LogP contribution < -0.4 is 4.90 Å². The van der Waals surface area contributed by atoms with Gasteiger partial charge in [-0.05, 0) is 31.6 Å². The van der Waals surface area contributed by atoms with E-state index in [0.717, 1.165) is 22.8 Å². The van der Waals surface area contributed by atoms with Gasteiger partial charge in [0.15, 0.2) is 5.82 Å². The van der Waals surface area contributed by atoms with E-state index in [1.165, 1.54) is 16.0 Å². The predicted octanol–water partition coefficient (Wildman–Crippen LogP) is 2.40. The molecule has 1 saturated heterocycles. The quantitative estimate of drug-likeness (QED) is 0.625. The van der Waals surface area contributed by atoms with E-state index < -0.39 is 10.0 Å². The molecule has 0 amide bonds. The fourth-order valence-corrected chi connectivity index (χ4v) is 4.65. The van der Waals surface area contributed by atoms with E-state index in [2.05, 4.69) is 20.0 Å². The van der Waals surface area contributed by atoms with E-state index in [1.807, 2.05) is 56.3 Å². The average Bonchev–Trinajstić information content (AvgIpc) is 3.11. The van der Waals surface area contributed by atoms with Crippen LogP contribution in [0.1, 0.15) is 17.0 Å². The molecule has 1 aliphatic rings. The van der Waals surface area contributed by atoms with Gasteiger partial charge in [0.2, 0.25) is 10.0 Å². The molecule has 156 valence electrons. The second-order valence-electron chi connectivity index (χ2n) is 7.22. The van der Waals surface area contributed by atoms with Crippen molar-refractivity contribution in [3.8, 4) is 5.82 Å². The Balaban J connectivity index is 1.44. The first-order chi connectivity index (χ1) is 14.4. The third-order valence-electron chi connectivity index (χ3n) is 5.02. The summed E-state index contributed by atoms with van der Waals surface area (Å²) in [6.07, 6.45) is 3.15. The van der Waals surface area contributed by atoms with E-state index in [9.17, 15) is 8.42 Å². The smallest absolute Gasteiger partial charge is 0.236 e. The molecular formula is C21H24N6O2S. The molecule has 30 heavy (non-hydrogen) atoms. The Labute approximate surface area is 176 Å². The average molecular weight is 425 g/mol. The van der Waals surface area contributed by atoms with Crippen LogP contribution in [0, 0.1) is 13.8 Å². The van der Waals surface area contributed by atoms with Crippen LogP contribution in [0.5, 0.6) is 0 Å². The van der Waals surface area contributed by atoms with Crippen molar-refractivity contribution < 1.29 is 8.42 Å². The van der Waals surface area contributed by atoms with E-state index in [1.54, 1.807) is 10.8 Å². The molecule has 9 heteroatoms.